The van der Waals surface area contributed by atoms with E-state index < -0.39 is 0 Å². The molecule has 0 fully saturated rings. The summed E-state index contributed by atoms with van der Waals surface area (Å²) in [5.41, 5.74) is 2.20. The quantitative estimate of drug-likeness (QED) is 0.883. The van der Waals surface area contributed by atoms with Crippen LogP contribution in [0.15, 0.2) is 16.7 Å². The zero-order valence-corrected chi connectivity index (χ0v) is 11.0. The van der Waals surface area contributed by atoms with E-state index in [1.165, 1.54) is 17.1 Å². The first-order chi connectivity index (χ1) is 8.20. The van der Waals surface area contributed by atoms with E-state index in [1.54, 1.807) is 6.26 Å². The van der Waals surface area contributed by atoms with Gasteiger partial charge in [-0.05, 0) is 20.0 Å². The van der Waals surface area contributed by atoms with Gasteiger partial charge in [0.25, 0.3) is 0 Å². The molecular formula is C11H16N4OS. The van der Waals surface area contributed by atoms with Crippen molar-refractivity contribution in [2.24, 2.45) is 0 Å². The van der Waals surface area contributed by atoms with Crippen molar-refractivity contribution in [1.29, 1.82) is 0 Å². The molecule has 0 saturated heterocycles. The van der Waals surface area contributed by atoms with Crippen LogP contribution in [0, 0.1) is 6.92 Å². The predicted octanol–water partition coefficient (Wildman–Crippen LogP) is 2.11. The lowest BCUT2D eigenvalue weighted by Crippen LogP contribution is -2.18. The molecule has 0 bridgehead atoms. The summed E-state index contributed by atoms with van der Waals surface area (Å²) >= 11 is 1.39. The minimum absolute atomic E-state index is 0.775. The second-order valence-electron chi connectivity index (χ2n) is 3.97. The molecule has 2 rings (SSSR count). The number of aromatic nitrogens is 2. The van der Waals surface area contributed by atoms with Crippen molar-refractivity contribution >= 4 is 16.5 Å². The molecule has 0 aromatic carbocycles. The van der Waals surface area contributed by atoms with Crippen LogP contribution in [0.5, 0.6) is 0 Å². The highest BCUT2D eigenvalue weighted by molar-refractivity contribution is 7.10. The number of hydrogen-bond donors (Lipinski definition) is 1. The third-order valence-electron chi connectivity index (χ3n) is 2.61. The summed E-state index contributed by atoms with van der Waals surface area (Å²) in [5, 5.41) is 8.25. The highest BCUT2D eigenvalue weighted by Gasteiger charge is 2.11. The Labute approximate surface area is 105 Å². The Kier molecular flexibility index (Phi) is 3.75. The first-order valence-electron chi connectivity index (χ1n) is 5.41. The molecule has 0 spiro atoms. The van der Waals surface area contributed by atoms with Crippen molar-refractivity contribution in [3.63, 3.8) is 0 Å². The van der Waals surface area contributed by atoms with Gasteiger partial charge >= 0.3 is 0 Å². The second-order valence-corrected chi connectivity index (χ2v) is 4.73. The normalized spacial score (nSPS) is 11.1. The summed E-state index contributed by atoms with van der Waals surface area (Å²) in [4.78, 5) is 2.19. The smallest absolute Gasteiger partial charge is 0.134 e. The Hall–Kier alpha value is -1.40. The maximum absolute atomic E-state index is 5.28. The van der Waals surface area contributed by atoms with Gasteiger partial charge in [-0.15, -0.1) is 5.10 Å². The summed E-state index contributed by atoms with van der Waals surface area (Å²) in [6, 6.07) is 2.00. The van der Waals surface area contributed by atoms with Crippen molar-refractivity contribution in [3.8, 4) is 0 Å². The van der Waals surface area contributed by atoms with Gasteiger partial charge in [0.2, 0.25) is 0 Å². The number of rotatable bonds is 5. The Bertz CT molecular complexity index is 479. The van der Waals surface area contributed by atoms with Gasteiger partial charge < -0.3 is 9.73 Å². The van der Waals surface area contributed by atoms with Crippen LogP contribution in [0.3, 0.4) is 0 Å². The van der Waals surface area contributed by atoms with Gasteiger partial charge in [0.15, 0.2) is 0 Å². The molecule has 6 heteroatoms. The monoisotopic (exact) mass is 252 g/mol. The molecular weight excluding hydrogens is 236 g/mol. The molecule has 0 aliphatic heterocycles. The maximum atomic E-state index is 5.28. The fourth-order valence-corrected chi connectivity index (χ4v) is 2.20. The van der Waals surface area contributed by atoms with E-state index in [0.29, 0.717) is 0 Å². The molecule has 1 N–H and O–H groups in total. The van der Waals surface area contributed by atoms with Crippen LogP contribution in [0.25, 0.3) is 0 Å². The zero-order chi connectivity index (χ0) is 12.3. The van der Waals surface area contributed by atoms with E-state index in [4.69, 9.17) is 4.42 Å². The molecule has 2 aromatic rings. The van der Waals surface area contributed by atoms with E-state index in [2.05, 4.69) is 26.9 Å². The molecule has 0 radical (unpaired) electrons. The Morgan fingerprint density at radius 2 is 2.29 bits per heavy atom. The van der Waals surface area contributed by atoms with Crippen LogP contribution < -0.4 is 5.32 Å². The summed E-state index contributed by atoms with van der Waals surface area (Å²) in [6.07, 6.45) is 1.72. The van der Waals surface area contributed by atoms with E-state index in [1.807, 2.05) is 20.0 Å². The van der Waals surface area contributed by atoms with E-state index in [9.17, 15) is 0 Å². The lowest BCUT2D eigenvalue weighted by Gasteiger charge is -2.15. The first-order valence-corrected chi connectivity index (χ1v) is 6.18. The summed E-state index contributed by atoms with van der Waals surface area (Å²) in [7, 11) is 3.95. The molecule has 92 valence electrons. The lowest BCUT2D eigenvalue weighted by atomic mass is 10.2. The second kappa shape index (κ2) is 5.29. The molecule has 2 aromatic heterocycles. The summed E-state index contributed by atoms with van der Waals surface area (Å²) in [5.74, 6) is 0.974. The average molecular weight is 252 g/mol. The third-order valence-corrected chi connectivity index (χ3v) is 3.39. The van der Waals surface area contributed by atoms with Crippen molar-refractivity contribution in [3.05, 3.63) is 29.3 Å². The lowest BCUT2D eigenvalue weighted by molar-refractivity contribution is 0.313. The van der Waals surface area contributed by atoms with Crippen LogP contribution in [0.2, 0.25) is 0 Å². The topological polar surface area (TPSA) is 54.2 Å². The van der Waals surface area contributed by atoms with Gasteiger partial charge in [-0.3, -0.25) is 4.90 Å². The SMILES string of the molecule is CNc1snnc1CN(C)Cc1ccoc1C. The summed E-state index contributed by atoms with van der Waals surface area (Å²) < 4.78 is 9.23. The molecule has 2 heterocycles. The van der Waals surface area contributed by atoms with E-state index in [-0.39, 0.29) is 0 Å². The number of furan rings is 1. The first kappa shape index (κ1) is 12.1. The highest BCUT2D eigenvalue weighted by atomic mass is 32.1. The molecule has 0 aliphatic rings. The Morgan fingerprint density at radius 3 is 2.94 bits per heavy atom. The number of nitrogens with zero attached hydrogens (tertiary/aromatic N) is 3. The number of nitrogens with one attached hydrogen (secondary N) is 1. The molecule has 0 unspecified atom stereocenters. The van der Waals surface area contributed by atoms with Gasteiger partial charge in [0, 0.05) is 37.2 Å². The third kappa shape index (κ3) is 2.83. The van der Waals surface area contributed by atoms with Gasteiger partial charge in [-0.2, -0.15) is 0 Å². The fraction of sp³-hybridized carbons (Fsp3) is 0.455. The summed E-state index contributed by atoms with van der Waals surface area (Å²) in [6.45, 7) is 3.60. The molecule has 0 aliphatic carbocycles. The van der Waals surface area contributed by atoms with Crippen LogP contribution >= 0.6 is 11.5 Å². The van der Waals surface area contributed by atoms with Crippen molar-refractivity contribution < 1.29 is 4.42 Å². The van der Waals surface area contributed by atoms with Crippen LogP contribution in [0.1, 0.15) is 17.0 Å². The van der Waals surface area contributed by atoms with Gasteiger partial charge in [-0.1, -0.05) is 4.49 Å². The van der Waals surface area contributed by atoms with E-state index >= 15 is 0 Å². The Balaban J connectivity index is 1.98. The van der Waals surface area contributed by atoms with Gasteiger partial charge in [0.05, 0.1) is 6.26 Å². The Morgan fingerprint density at radius 1 is 1.47 bits per heavy atom. The van der Waals surface area contributed by atoms with Crippen LogP contribution in [0.4, 0.5) is 5.00 Å². The zero-order valence-electron chi connectivity index (χ0n) is 10.2. The minimum atomic E-state index is 0.775. The molecule has 0 atom stereocenters. The van der Waals surface area contributed by atoms with Crippen molar-refractivity contribution in [2.45, 2.75) is 20.0 Å². The number of hydrogen-bond acceptors (Lipinski definition) is 6. The molecule has 5 nitrogen and oxygen atoms in total. The fourth-order valence-electron chi connectivity index (χ4n) is 1.68. The molecule has 17 heavy (non-hydrogen) atoms. The largest absolute Gasteiger partial charge is 0.469 e. The molecule has 0 amide bonds. The predicted molar refractivity (Wildman–Crippen MR) is 68.1 cm³/mol. The van der Waals surface area contributed by atoms with Crippen LogP contribution in [-0.4, -0.2) is 28.6 Å². The van der Waals surface area contributed by atoms with Crippen molar-refractivity contribution in [1.82, 2.24) is 14.5 Å². The van der Waals surface area contributed by atoms with Gasteiger partial charge in [0.1, 0.15) is 16.5 Å². The number of anilines is 1. The molecule has 0 saturated carbocycles. The standard InChI is InChI=1S/C11H16N4OS/c1-8-9(4-5-16-8)6-15(3)7-10-11(12-2)17-14-13-10/h4-5,12H,6-7H2,1-3H3. The number of aryl methyl sites for hydroxylation is 1. The van der Waals surface area contributed by atoms with Crippen molar-refractivity contribution in [2.75, 3.05) is 19.4 Å². The van der Waals surface area contributed by atoms with Gasteiger partial charge in [-0.25, -0.2) is 0 Å². The average Bonchev–Trinajstić information content (AvgIpc) is 2.89. The highest BCUT2D eigenvalue weighted by Crippen LogP contribution is 2.19. The van der Waals surface area contributed by atoms with E-state index in [0.717, 1.165) is 29.5 Å². The maximum Gasteiger partial charge on any atom is 0.134 e. The minimum Gasteiger partial charge on any atom is -0.469 e. The van der Waals surface area contributed by atoms with Crippen LogP contribution in [-0.2, 0) is 13.1 Å².